The van der Waals surface area contributed by atoms with Crippen LogP contribution in [0.5, 0.6) is 0 Å². The average molecular weight is 236 g/mol. The van der Waals surface area contributed by atoms with Crippen LogP contribution in [0, 0.1) is 0 Å². The Kier molecular flexibility index (Phi) is 4.98. The zero-order chi connectivity index (χ0) is 11.3. The van der Waals surface area contributed by atoms with Crippen LogP contribution in [-0.2, 0) is 14.8 Å². The highest BCUT2D eigenvalue weighted by atomic mass is 32.2. The van der Waals surface area contributed by atoms with Gasteiger partial charge in [-0.3, -0.25) is 0 Å². The van der Waals surface area contributed by atoms with Crippen molar-refractivity contribution in [2.24, 2.45) is 0 Å². The quantitative estimate of drug-likeness (QED) is 0.708. The first-order chi connectivity index (χ1) is 7.09. The molecule has 0 aliphatic carbocycles. The van der Waals surface area contributed by atoms with Crippen LogP contribution in [-0.4, -0.2) is 58.4 Å². The van der Waals surface area contributed by atoms with Gasteiger partial charge in [0.2, 0.25) is 10.0 Å². The van der Waals surface area contributed by atoms with Crippen molar-refractivity contribution in [3.8, 4) is 0 Å². The maximum Gasteiger partial charge on any atom is 0.216 e. The molecule has 1 aliphatic rings. The van der Waals surface area contributed by atoms with Crippen LogP contribution in [0.1, 0.15) is 12.8 Å². The van der Waals surface area contributed by atoms with Crippen LogP contribution < -0.4 is 5.32 Å². The fourth-order valence-electron chi connectivity index (χ4n) is 1.62. The van der Waals surface area contributed by atoms with E-state index in [0.717, 1.165) is 0 Å². The fraction of sp³-hybridized carbons (Fsp3) is 1.00. The maximum absolute atomic E-state index is 12.0. The molecule has 1 fully saturated rings. The summed E-state index contributed by atoms with van der Waals surface area (Å²) < 4.78 is 30.7. The lowest BCUT2D eigenvalue weighted by atomic mass is 10.2. The van der Waals surface area contributed by atoms with Crippen LogP contribution in [0.15, 0.2) is 0 Å². The van der Waals surface area contributed by atoms with Crippen molar-refractivity contribution in [3.63, 3.8) is 0 Å². The Balaban J connectivity index is 2.55. The first-order valence-corrected chi connectivity index (χ1v) is 6.77. The Morgan fingerprint density at radius 1 is 1.40 bits per heavy atom. The Labute approximate surface area is 91.8 Å². The van der Waals surface area contributed by atoms with Crippen molar-refractivity contribution in [3.05, 3.63) is 0 Å². The van der Waals surface area contributed by atoms with Gasteiger partial charge in [0.1, 0.15) is 0 Å². The van der Waals surface area contributed by atoms with E-state index in [1.54, 1.807) is 7.05 Å². The molecule has 0 unspecified atom stereocenters. The minimum atomic E-state index is -3.12. The van der Waals surface area contributed by atoms with Gasteiger partial charge in [-0.25, -0.2) is 12.7 Å². The van der Waals surface area contributed by atoms with Gasteiger partial charge in [-0.2, -0.15) is 0 Å². The number of rotatable bonds is 5. The molecule has 0 aromatic carbocycles. The zero-order valence-corrected chi connectivity index (χ0v) is 10.2. The highest BCUT2D eigenvalue weighted by Crippen LogP contribution is 2.18. The summed E-state index contributed by atoms with van der Waals surface area (Å²) in [4.78, 5) is 0. The van der Waals surface area contributed by atoms with Crippen LogP contribution in [0.25, 0.3) is 0 Å². The van der Waals surface area contributed by atoms with Crippen LogP contribution in [0.2, 0.25) is 0 Å². The Morgan fingerprint density at radius 3 is 2.53 bits per heavy atom. The molecule has 1 rings (SSSR count). The molecule has 1 heterocycles. The van der Waals surface area contributed by atoms with Crippen LogP contribution in [0.4, 0.5) is 0 Å². The lowest BCUT2D eigenvalue weighted by Gasteiger charge is -2.27. The molecule has 0 atom stereocenters. The number of nitrogens with zero attached hydrogens (tertiary/aromatic N) is 1. The normalized spacial score (nSPS) is 19.7. The third-order valence-electron chi connectivity index (χ3n) is 2.70. The van der Waals surface area contributed by atoms with E-state index in [-0.39, 0.29) is 5.25 Å². The van der Waals surface area contributed by atoms with Gasteiger partial charge in [0.25, 0.3) is 0 Å². The minimum Gasteiger partial charge on any atom is -0.381 e. The van der Waals surface area contributed by atoms with Crippen molar-refractivity contribution in [1.29, 1.82) is 0 Å². The monoisotopic (exact) mass is 236 g/mol. The molecule has 90 valence electrons. The molecule has 0 spiro atoms. The van der Waals surface area contributed by atoms with E-state index >= 15 is 0 Å². The van der Waals surface area contributed by atoms with E-state index in [4.69, 9.17) is 4.74 Å². The second-order valence-corrected chi connectivity index (χ2v) is 6.10. The maximum atomic E-state index is 12.0. The zero-order valence-electron chi connectivity index (χ0n) is 9.40. The molecule has 0 amide bonds. The standard InChI is InChI=1S/C9H20N2O3S/c1-10-5-6-11(2)15(12,13)9-3-7-14-8-4-9/h9-10H,3-8H2,1-2H3. The first kappa shape index (κ1) is 12.9. The topological polar surface area (TPSA) is 58.6 Å². The van der Waals surface area contributed by atoms with Gasteiger partial charge in [0.15, 0.2) is 0 Å². The van der Waals surface area contributed by atoms with E-state index in [9.17, 15) is 8.42 Å². The van der Waals surface area contributed by atoms with E-state index in [1.165, 1.54) is 4.31 Å². The van der Waals surface area contributed by atoms with Crippen molar-refractivity contribution in [1.82, 2.24) is 9.62 Å². The van der Waals surface area contributed by atoms with Gasteiger partial charge in [-0.1, -0.05) is 0 Å². The molecule has 6 heteroatoms. The number of ether oxygens (including phenoxy) is 1. The number of sulfonamides is 1. The molecule has 0 radical (unpaired) electrons. The van der Waals surface area contributed by atoms with E-state index in [2.05, 4.69) is 5.32 Å². The molecule has 1 saturated heterocycles. The third kappa shape index (κ3) is 3.41. The molecule has 0 saturated carbocycles. The molecule has 0 aromatic rings. The number of hydrogen-bond donors (Lipinski definition) is 1. The minimum absolute atomic E-state index is 0.256. The van der Waals surface area contributed by atoms with Crippen molar-refractivity contribution in [2.75, 3.05) is 40.4 Å². The lowest BCUT2D eigenvalue weighted by Crippen LogP contribution is -2.41. The van der Waals surface area contributed by atoms with Gasteiger partial charge >= 0.3 is 0 Å². The van der Waals surface area contributed by atoms with Gasteiger partial charge in [0, 0.05) is 33.4 Å². The average Bonchev–Trinajstić information content (AvgIpc) is 2.27. The van der Waals surface area contributed by atoms with Crippen molar-refractivity contribution < 1.29 is 13.2 Å². The summed E-state index contributed by atoms with van der Waals surface area (Å²) in [5.41, 5.74) is 0. The molecule has 0 bridgehead atoms. The largest absolute Gasteiger partial charge is 0.381 e. The molecule has 15 heavy (non-hydrogen) atoms. The Morgan fingerprint density at radius 2 is 2.00 bits per heavy atom. The number of hydrogen-bond acceptors (Lipinski definition) is 4. The molecular weight excluding hydrogens is 216 g/mol. The number of nitrogens with one attached hydrogen (secondary N) is 1. The summed E-state index contributed by atoms with van der Waals surface area (Å²) in [6, 6.07) is 0. The van der Waals surface area contributed by atoms with Gasteiger partial charge in [0.05, 0.1) is 5.25 Å². The van der Waals surface area contributed by atoms with Gasteiger partial charge < -0.3 is 10.1 Å². The molecule has 0 aromatic heterocycles. The van der Waals surface area contributed by atoms with Crippen LogP contribution >= 0.6 is 0 Å². The lowest BCUT2D eigenvalue weighted by molar-refractivity contribution is 0.0974. The Bertz CT molecular complexity index is 273. The molecule has 1 N–H and O–H groups in total. The highest BCUT2D eigenvalue weighted by molar-refractivity contribution is 7.89. The SMILES string of the molecule is CNCCN(C)S(=O)(=O)C1CCOCC1. The summed E-state index contributed by atoms with van der Waals surface area (Å²) in [7, 11) is 0.334. The highest BCUT2D eigenvalue weighted by Gasteiger charge is 2.30. The summed E-state index contributed by atoms with van der Waals surface area (Å²) in [5.74, 6) is 0. The predicted octanol–water partition coefficient (Wildman–Crippen LogP) is -0.354. The molecule has 1 aliphatic heterocycles. The molecular formula is C9H20N2O3S. The van der Waals surface area contributed by atoms with E-state index in [0.29, 0.717) is 39.1 Å². The molecule has 5 nitrogen and oxygen atoms in total. The third-order valence-corrected chi connectivity index (χ3v) is 5.07. The summed E-state index contributed by atoms with van der Waals surface area (Å²) in [6.07, 6.45) is 1.23. The van der Waals surface area contributed by atoms with E-state index < -0.39 is 10.0 Å². The smallest absolute Gasteiger partial charge is 0.216 e. The van der Waals surface area contributed by atoms with Crippen molar-refractivity contribution >= 4 is 10.0 Å². The predicted molar refractivity (Wildman–Crippen MR) is 59.3 cm³/mol. The second-order valence-electron chi connectivity index (χ2n) is 3.78. The number of likely N-dealkylation sites (N-methyl/N-ethyl adjacent to an activating group) is 2. The van der Waals surface area contributed by atoms with Crippen molar-refractivity contribution in [2.45, 2.75) is 18.1 Å². The summed E-state index contributed by atoms with van der Waals surface area (Å²) >= 11 is 0. The fourth-order valence-corrected chi connectivity index (χ4v) is 3.27. The summed E-state index contributed by atoms with van der Waals surface area (Å²) in [6.45, 7) is 2.32. The van der Waals surface area contributed by atoms with Gasteiger partial charge in [-0.05, 0) is 19.9 Å². The Hall–Kier alpha value is -0.170. The first-order valence-electron chi connectivity index (χ1n) is 5.26. The van der Waals surface area contributed by atoms with E-state index in [1.807, 2.05) is 7.05 Å². The summed E-state index contributed by atoms with van der Waals surface area (Å²) in [5, 5.41) is 2.69. The second kappa shape index (κ2) is 5.79. The van der Waals surface area contributed by atoms with Gasteiger partial charge in [-0.15, -0.1) is 0 Å². The van der Waals surface area contributed by atoms with Crippen LogP contribution in [0.3, 0.4) is 0 Å².